The average molecular weight is 911 g/mol. The minimum Gasteiger partial charge on any atom is -0.304 e. The second-order valence-electron chi connectivity index (χ2n) is 9.06. The Morgan fingerprint density at radius 1 is 0.634 bits per heavy atom. The summed E-state index contributed by atoms with van der Waals surface area (Å²) in [6.45, 7) is -2.15. The third-order valence-electron chi connectivity index (χ3n) is 6.18. The van der Waals surface area contributed by atoms with Gasteiger partial charge in [0.25, 0.3) is 0 Å². The molecule has 0 bridgehead atoms. The second kappa shape index (κ2) is 15.1. The zero-order chi connectivity index (χ0) is 32.7. The summed E-state index contributed by atoms with van der Waals surface area (Å²) >= 11 is -2.36. The predicted octanol–water partition coefficient (Wildman–Crippen LogP) is 6.54. The molecule has 0 N–H and O–H groups in total. The van der Waals surface area contributed by atoms with Crippen molar-refractivity contribution in [1.82, 2.24) is 9.97 Å². The summed E-state index contributed by atoms with van der Waals surface area (Å²) in [6, 6.07) is 46.1. The molecule has 0 amide bonds. The molecule has 0 aliphatic rings. The summed E-state index contributed by atoms with van der Waals surface area (Å²) in [4.78, 5) is 8.76. The van der Waals surface area contributed by atoms with Gasteiger partial charge in [0.15, 0.2) is 0 Å². The van der Waals surface area contributed by atoms with Crippen molar-refractivity contribution in [2.75, 3.05) is 0 Å². The zero-order valence-electron chi connectivity index (χ0n) is 28.4. The summed E-state index contributed by atoms with van der Waals surface area (Å²) in [5.74, 6) is 0. The van der Waals surface area contributed by atoms with Crippen LogP contribution >= 0.6 is 0 Å². The largest absolute Gasteiger partial charge is 0.304 e. The average Bonchev–Trinajstić information content (AvgIpc) is 3.07. The normalized spacial score (nSPS) is 13.1. The molecule has 0 aliphatic heterocycles. The molecule has 0 aliphatic carbocycles. The van der Waals surface area contributed by atoms with E-state index in [1.54, 1.807) is 12.1 Å². The quantitative estimate of drug-likeness (QED) is 0.145. The molecule has 0 atom stereocenters. The summed E-state index contributed by atoms with van der Waals surface area (Å²) in [6.07, 6.45) is 3.33. The van der Waals surface area contributed by atoms with Crippen molar-refractivity contribution >= 4 is 31.6 Å². The van der Waals surface area contributed by atoms with Gasteiger partial charge < -0.3 is 4.98 Å². The van der Waals surface area contributed by atoms with E-state index in [0.29, 0.717) is 11.3 Å². The van der Waals surface area contributed by atoms with Crippen LogP contribution < -0.4 is 9.81 Å². The first kappa shape index (κ1) is 23.3. The molecule has 2 aromatic heterocycles. The van der Waals surface area contributed by atoms with Crippen molar-refractivity contribution in [3.8, 4) is 22.5 Å². The van der Waals surface area contributed by atoms with Gasteiger partial charge in [-0.05, 0) is 18.1 Å². The number of rotatable bonds is 5. The maximum atomic E-state index is 7.28. The van der Waals surface area contributed by atoms with Crippen LogP contribution in [0.1, 0.15) is 24.9 Å². The number of hydrogen-bond acceptors (Lipinski definition) is 2. The van der Waals surface area contributed by atoms with Crippen LogP contribution in [0.15, 0.2) is 134 Å². The Morgan fingerprint density at radius 2 is 1.27 bits per heavy atom. The standard InChI is InChI=1S/C13H12N.C12H9N.2C6H5.Bi.Ir/c1-10-3-6-12(7-4-10)13-8-5-11(2)9-14-13;1-10-7-8-12(13-9-10)11-5-3-2-4-6-11;2*1-2-4-6-5-3-1;;/h3-6,8-9H,1-2H3;2-5,8-9H,1H3;2*1-5H;;/q2*-1;;;;/i1D3,2D3;;;;;. The van der Waals surface area contributed by atoms with Gasteiger partial charge in [-0.25, -0.2) is 0 Å². The van der Waals surface area contributed by atoms with Gasteiger partial charge in [-0.1, -0.05) is 19.0 Å². The van der Waals surface area contributed by atoms with Crippen LogP contribution in [0.3, 0.4) is 0 Å². The first-order valence-electron chi connectivity index (χ1n) is 15.8. The van der Waals surface area contributed by atoms with E-state index in [2.05, 4.69) is 102 Å². The van der Waals surface area contributed by atoms with Gasteiger partial charge in [0.1, 0.15) is 0 Å². The molecule has 0 saturated heterocycles. The van der Waals surface area contributed by atoms with E-state index < -0.39 is 35.5 Å². The number of aromatic nitrogens is 2. The Kier molecular flexibility index (Phi) is 8.57. The molecule has 2 heterocycles. The Balaban J connectivity index is 0.000000216. The molecule has 0 saturated carbocycles. The SMILES string of the molecule is Cc1cnc(-c2[c-]cccc2)c[c]1[Bi]([c]1ccccc1)[c]1ccccc1.[2H]C([2H])([2H])c1c[c-]c(-c2ccc(C([2H])([2H])[2H])cn2)cc1.[Ir]. The third kappa shape index (κ3) is 8.14. The maximum Gasteiger partial charge on any atom is 0.0280 e. The van der Waals surface area contributed by atoms with Crippen molar-refractivity contribution < 1.29 is 28.3 Å². The van der Waals surface area contributed by atoms with Gasteiger partial charge >= 0.3 is 164 Å². The van der Waals surface area contributed by atoms with Crippen LogP contribution in [0, 0.1) is 32.8 Å². The fourth-order valence-electron chi connectivity index (χ4n) is 4.17. The summed E-state index contributed by atoms with van der Waals surface area (Å²) in [5.41, 5.74) is 4.90. The van der Waals surface area contributed by atoms with Gasteiger partial charge in [-0.15, -0.1) is 35.4 Å². The summed E-state index contributed by atoms with van der Waals surface area (Å²) in [5, 5.41) is 0. The molecule has 0 unspecified atom stereocenters. The fourth-order valence-corrected chi connectivity index (χ4v) is 13.7. The Labute approximate surface area is 274 Å². The molecule has 0 spiro atoms. The van der Waals surface area contributed by atoms with Crippen LogP contribution in [-0.4, -0.2) is 31.7 Å². The molecule has 205 valence electrons. The fraction of sp³-hybridized carbons (Fsp3) is 0.0811. The van der Waals surface area contributed by atoms with E-state index >= 15 is 0 Å². The first-order chi connectivity index (χ1) is 22.0. The molecule has 1 radical (unpaired) electrons. The van der Waals surface area contributed by atoms with Gasteiger partial charge in [0.05, 0.1) is 0 Å². The van der Waals surface area contributed by atoms with Crippen LogP contribution in [0.4, 0.5) is 0 Å². The van der Waals surface area contributed by atoms with Crippen LogP contribution in [-0.2, 0) is 20.1 Å². The van der Waals surface area contributed by atoms with Gasteiger partial charge in [0.2, 0.25) is 0 Å². The van der Waals surface area contributed by atoms with Crippen molar-refractivity contribution in [2.24, 2.45) is 0 Å². The molecule has 4 aromatic carbocycles. The number of nitrogens with zero attached hydrogens (tertiary/aromatic N) is 2. The van der Waals surface area contributed by atoms with Gasteiger partial charge in [0, 0.05) is 34.5 Å². The molecule has 6 rings (SSSR count). The van der Waals surface area contributed by atoms with E-state index in [1.165, 1.54) is 39.8 Å². The number of pyridine rings is 2. The Morgan fingerprint density at radius 3 is 1.83 bits per heavy atom. The molecule has 41 heavy (non-hydrogen) atoms. The Bertz CT molecular complexity index is 1750. The number of aryl methyl sites for hydroxylation is 3. The van der Waals surface area contributed by atoms with E-state index in [1.807, 2.05) is 24.4 Å². The van der Waals surface area contributed by atoms with E-state index in [9.17, 15) is 0 Å². The van der Waals surface area contributed by atoms with Crippen molar-refractivity contribution in [3.05, 3.63) is 163 Å². The maximum absolute atomic E-state index is 7.28. The minimum atomic E-state index is -2.36. The molecule has 6 aromatic rings. The van der Waals surface area contributed by atoms with Crippen LogP contribution in [0.25, 0.3) is 22.5 Å². The number of hydrogen-bond donors (Lipinski definition) is 0. The van der Waals surface area contributed by atoms with Crippen molar-refractivity contribution in [3.63, 3.8) is 0 Å². The summed E-state index contributed by atoms with van der Waals surface area (Å²) < 4.78 is 48.1. The minimum absolute atomic E-state index is 0. The number of benzene rings is 4. The molecular weight excluding hydrogens is 874 g/mol. The van der Waals surface area contributed by atoms with E-state index in [0.717, 1.165) is 11.3 Å². The van der Waals surface area contributed by atoms with E-state index in [4.69, 9.17) is 8.22 Å². The molecule has 2 nitrogen and oxygen atoms in total. The molecular formula is C37H31BiIrN2-2. The third-order valence-corrected chi connectivity index (χ3v) is 16.3. The topological polar surface area (TPSA) is 25.8 Å². The summed E-state index contributed by atoms with van der Waals surface area (Å²) in [7, 11) is 0. The monoisotopic (exact) mass is 911 g/mol. The molecule has 0 fully saturated rings. The van der Waals surface area contributed by atoms with Crippen LogP contribution in [0.5, 0.6) is 0 Å². The first-order valence-corrected chi connectivity index (χ1v) is 18.1. The zero-order valence-corrected chi connectivity index (χ0v) is 28.2. The molecule has 4 heteroatoms. The smallest absolute Gasteiger partial charge is 0.0280 e. The van der Waals surface area contributed by atoms with Gasteiger partial charge in [-0.2, -0.15) is 0 Å². The van der Waals surface area contributed by atoms with Crippen molar-refractivity contribution in [2.45, 2.75) is 20.6 Å². The second-order valence-corrected chi connectivity index (χ2v) is 17.6. The van der Waals surface area contributed by atoms with Gasteiger partial charge in [-0.3, -0.25) is 0 Å². The van der Waals surface area contributed by atoms with Crippen molar-refractivity contribution in [1.29, 1.82) is 0 Å². The van der Waals surface area contributed by atoms with Crippen LogP contribution in [0.2, 0.25) is 0 Å². The Hall–Kier alpha value is -3.29. The predicted molar refractivity (Wildman–Crippen MR) is 169 cm³/mol. The van der Waals surface area contributed by atoms with E-state index in [-0.39, 0.29) is 31.2 Å².